The van der Waals surface area contributed by atoms with E-state index in [1.807, 2.05) is 0 Å². The maximum absolute atomic E-state index is 12.1. The van der Waals surface area contributed by atoms with Crippen molar-refractivity contribution in [2.24, 2.45) is 0 Å². The van der Waals surface area contributed by atoms with Gasteiger partial charge in [-0.15, -0.1) is 0 Å². The molecule has 1 atom stereocenters. The summed E-state index contributed by atoms with van der Waals surface area (Å²) in [6.45, 7) is 2.41. The molecule has 0 saturated carbocycles. The van der Waals surface area contributed by atoms with E-state index in [9.17, 15) is 13.2 Å². The number of hydrogen-bond donors (Lipinski definition) is 1. The first-order valence-electron chi connectivity index (χ1n) is 6.27. The molecule has 0 aromatic heterocycles. The summed E-state index contributed by atoms with van der Waals surface area (Å²) in [6, 6.07) is -0.123. The quantitative estimate of drug-likeness (QED) is 0.669. The Balaban J connectivity index is 2.54. The minimum atomic E-state index is -3.42. The van der Waals surface area contributed by atoms with Crippen LogP contribution in [0.3, 0.4) is 0 Å². The predicted molar refractivity (Wildman–Crippen MR) is 66.5 cm³/mol. The van der Waals surface area contributed by atoms with Crippen LogP contribution in [-0.4, -0.2) is 55.4 Å². The first-order valence-corrected chi connectivity index (χ1v) is 7.88. The molecule has 1 aliphatic rings. The molecule has 0 spiro atoms. The van der Waals surface area contributed by atoms with Crippen molar-refractivity contribution < 1.29 is 23.1 Å². The maximum Gasteiger partial charge on any atom is 0.306 e. The van der Waals surface area contributed by atoms with E-state index in [1.165, 1.54) is 4.31 Å². The zero-order chi connectivity index (χ0) is 13.6. The normalized spacial score (nSPS) is 21.1. The van der Waals surface area contributed by atoms with Gasteiger partial charge in [-0.3, -0.25) is 4.79 Å². The Labute approximate surface area is 108 Å². The summed E-state index contributed by atoms with van der Waals surface area (Å²) < 4.78 is 30.3. The molecule has 0 radical (unpaired) electrons. The van der Waals surface area contributed by atoms with Crippen molar-refractivity contribution in [2.75, 3.05) is 25.5 Å². The number of aliphatic hydroxyl groups excluding tert-OH is 1. The molecule has 0 aromatic rings. The number of esters is 1. The van der Waals surface area contributed by atoms with E-state index >= 15 is 0 Å². The lowest BCUT2D eigenvalue weighted by Crippen LogP contribution is -2.38. The number of nitrogens with zero attached hydrogens (tertiary/aromatic N) is 1. The molecule has 0 aliphatic carbocycles. The van der Waals surface area contributed by atoms with Gasteiger partial charge in [0.25, 0.3) is 0 Å². The van der Waals surface area contributed by atoms with Gasteiger partial charge in [0.1, 0.15) is 0 Å². The number of rotatable bonds is 7. The zero-order valence-corrected chi connectivity index (χ0v) is 11.5. The molecule has 1 heterocycles. The second-order valence-electron chi connectivity index (χ2n) is 4.29. The van der Waals surface area contributed by atoms with Crippen LogP contribution in [0.1, 0.15) is 32.6 Å². The largest absolute Gasteiger partial charge is 0.466 e. The number of ether oxygens (including phenoxy) is 1. The van der Waals surface area contributed by atoms with Gasteiger partial charge >= 0.3 is 5.97 Å². The van der Waals surface area contributed by atoms with E-state index in [1.54, 1.807) is 6.92 Å². The van der Waals surface area contributed by atoms with Crippen LogP contribution in [0, 0.1) is 0 Å². The molecule has 0 amide bonds. The van der Waals surface area contributed by atoms with Crippen molar-refractivity contribution >= 4 is 16.0 Å². The number of carbonyl (C=O) groups excluding carboxylic acids is 1. The van der Waals surface area contributed by atoms with Gasteiger partial charge in [0.2, 0.25) is 10.0 Å². The third-order valence-electron chi connectivity index (χ3n) is 3.01. The summed E-state index contributed by atoms with van der Waals surface area (Å²) in [6.07, 6.45) is 1.93. The number of hydrogen-bond acceptors (Lipinski definition) is 5. The predicted octanol–water partition coefficient (Wildman–Crippen LogP) is 0.116. The standard InChI is InChI=1S/C11H21NO5S/c1-2-17-11(14)6-9-18(15,16)12-7-3-4-10(12)5-8-13/h10,13H,2-9H2,1H3. The van der Waals surface area contributed by atoms with Crippen molar-refractivity contribution in [3.8, 4) is 0 Å². The third kappa shape index (κ3) is 4.22. The van der Waals surface area contributed by atoms with Gasteiger partial charge in [-0.1, -0.05) is 0 Å². The van der Waals surface area contributed by atoms with Gasteiger partial charge in [-0.2, -0.15) is 4.31 Å². The summed E-state index contributed by atoms with van der Waals surface area (Å²) >= 11 is 0. The summed E-state index contributed by atoms with van der Waals surface area (Å²) in [5.41, 5.74) is 0. The van der Waals surface area contributed by atoms with Crippen molar-refractivity contribution in [1.29, 1.82) is 0 Å². The molecule has 7 heteroatoms. The van der Waals surface area contributed by atoms with E-state index in [0.717, 1.165) is 12.8 Å². The molecule has 1 saturated heterocycles. The smallest absolute Gasteiger partial charge is 0.306 e. The molecule has 6 nitrogen and oxygen atoms in total. The fourth-order valence-corrected chi connectivity index (χ4v) is 3.91. The minimum Gasteiger partial charge on any atom is -0.466 e. The summed E-state index contributed by atoms with van der Waals surface area (Å²) in [7, 11) is -3.42. The van der Waals surface area contributed by atoms with Gasteiger partial charge in [0, 0.05) is 19.2 Å². The van der Waals surface area contributed by atoms with Crippen molar-refractivity contribution in [3.63, 3.8) is 0 Å². The first-order chi connectivity index (χ1) is 8.51. The molecular weight excluding hydrogens is 258 g/mol. The average molecular weight is 279 g/mol. The molecule has 1 aliphatic heterocycles. The number of sulfonamides is 1. The van der Waals surface area contributed by atoms with Crippen LogP contribution in [-0.2, 0) is 19.6 Å². The highest BCUT2D eigenvalue weighted by Crippen LogP contribution is 2.23. The topological polar surface area (TPSA) is 83.9 Å². The number of aliphatic hydroxyl groups is 1. The molecule has 0 aromatic carbocycles. The van der Waals surface area contributed by atoms with Crippen LogP contribution >= 0.6 is 0 Å². The molecule has 18 heavy (non-hydrogen) atoms. The Kier molecular flexibility index (Phi) is 6.04. The molecule has 1 unspecified atom stereocenters. The average Bonchev–Trinajstić information content (AvgIpc) is 2.77. The lowest BCUT2D eigenvalue weighted by atomic mass is 10.2. The Morgan fingerprint density at radius 2 is 2.22 bits per heavy atom. The van der Waals surface area contributed by atoms with Crippen LogP contribution in [0.4, 0.5) is 0 Å². The van der Waals surface area contributed by atoms with Crippen LogP contribution in [0.2, 0.25) is 0 Å². The van der Waals surface area contributed by atoms with Crippen molar-refractivity contribution in [2.45, 2.75) is 38.6 Å². The zero-order valence-electron chi connectivity index (χ0n) is 10.7. The van der Waals surface area contributed by atoms with Gasteiger partial charge < -0.3 is 9.84 Å². The maximum atomic E-state index is 12.1. The van der Waals surface area contributed by atoms with Gasteiger partial charge in [-0.25, -0.2) is 8.42 Å². The Hall–Kier alpha value is -0.660. The second kappa shape index (κ2) is 7.06. The first kappa shape index (κ1) is 15.4. The minimum absolute atomic E-state index is 0.0193. The molecule has 1 rings (SSSR count). The van der Waals surface area contributed by atoms with Crippen LogP contribution in [0.25, 0.3) is 0 Å². The third-order valence-corrected chi connectivity index (χ3v) is 4.93. The summed E-state index contributed by atoms with van der Waals surface area (Å²) in [5.74, 6) is -0.702. The molecular formula is C11H21NO5S. The van der Waals surface area contributed by atoms with Crippen LogP contribution in [0.15, 0.2) is 0 Å². The lowest BCUT2D eigenvalue weighted by molar-refractivity contribution is -0.142. The molecule has 1 fully saturated rings. The van der Waals surface area contributed by atoms with E-state index < -0.39 is 16.0 Å². The van der Waals surface area contributed by atoms with Crippen molar-refractivity contribution in [3.05, 3.63) is 0 Å². The summed E-state index contributed by atoms with van der Waals surface area (Å²) in [5, 5.41) is 8.90. The SMILES string of the molecule is CCOC(=O)CCS(=O)(=O)N1CCCC1CCO. The Morgan fingerprint density at radius 1 is 1.50 bits per heavy atom. The number of carbonyl (C=O) groups is 1. The Bertz CT molecular complexity index is 368. The van der Waals surface area contributed by atoms with Gasteiger partial charge in [0.15, 0.2) is 0 Å². The lowest BCUT2D eigenvalue weighted by Gasteiger charge is -2.23. The van der Waals surface area contributed by atoms with Crippen molar-refractivity contribution in [1.82, 2.24) is 4.31 Å². The molecule has 0 bridgehead atoms. The fraction of sp³-hybridized carbons (Fsp3) is 0.909. The van der Waals surface area contributed by atoms with E-state index in [-0.39, 0.29) is 31.4 Å². The second-order valence-corrected chi connectivity index (χ2v) is 6.33. The van der Waals surface area contributed by atoms with Crippen LogP contribution in [0.5, 0.6) is 0 Å². The Morgan fingerprint density at radius 3 is 2.83 bits per heavy atom. The summed E-state index contributed by atoms with van der Waals surface area (Å²) in [4.78, 5) is 11.2. The van der Waals surface area contributed by atoms with Gasteiger partial charge in [-0.05, 0) is 26.2 Å². The molecule has 1 N–H and O–H groups in total. The highest BCUT2D eigenvalue weighted by atomic mass is 32.2. The molecule has 106 valence electrons. The highest BCUT2D eigenvalue weighted by molar-refractivity contribution is 7.89. The van der Waals surface area contributed by atoms with E-state index in [0.29, 0.717) is 13.0 Å². The highest BCUT2D eigenvalue weighted by Gasteiger charge is 2.33. The van der Waals surface area contributed by atoms with Gasteiger partial charge in [0.05, 0.1) is 18.8 Å². The fourth-order valence-electron chi connectivity index (χ4n) is 2.18. The van der Waals surface area contributed by atoms with E-state index in [4.69, 9.17) is 9.84 Å². The van der Waals surface area contributed by atoms with Crippen LogP contribution < -0.4 is 0 Å². The van der Waals surface area contributed by atoms with E-state index in [2.05, 4.69) is 0 Å². The monoisotopic (exact) mass is 279 g/mol.